The molecule has 0 spiro atoms. The third-order valence-corrected chi connectivity index (χ3v) is 3.15. The molecule has 0 bridgehead atoms. The van der Waals surface area contributed by atoms with E-state index in [0.29, 0.717) is 0 Å². The summed E-state index contributed by atoms with van der Waals surface area (Å²) in [4.78, 5) is 5.34. The van der Waals surface area contributed by atoms with Crippen molar-refractivity contribution < 1.29 is 9.57 Å². The molecule has 0 aliphatic rings. The van der Waals surface area contributed by atoms with Crippen molar-refractivity contribution in [2.45, 2.75) is 51.7 Å². The third kappa shape index (κ3) is 4.47. The molecule has 4 heteroatoms. The van der Waals surface area contributed by atoms with Crippen LogP contribution in [0, 0.1) is 0 Å². The van der Waals surface area contributed by atoms with E-state index in [9.17, 15) is 0 Å². The van der Waals surface area contributed by atoms with Crippen LogP contribution >= 0.6 is 0 Å². The van der Waals surface area contributed by atoms with Gasteiger partial charge in [-0.05, 0) is 33.6 Å². The van der Waals surface area contributed by atoms with Crippen molar-refractivity contribution in [2.75, 3.05) is 20.9 Å². The highest BCUT2D eigenvalue weighted by molar-refractivity contribution is 4.87. The van der Waals surface area contributed by atoms with Gasteiger partial charge < -0.3 is 10.5 Å². The molecule has 0 saturated carbocycles. The molecule has 92 valence electrons. The van der Waals surface area contributed by atoms with Gasteiger partial charge in [0.2, 0.25) is 0 Å². The van der Waals surface area contributed by atoms with Gasteiger partial charge in [0, 0.05) is 19.7 Å². The van der Waals surface area contributed by atoms with Crippen molar-refractivity contribution in [3.05, 3.63) is 0 Å². The van der Waals surface area contributed by atoms with Crippen LogP contribution in [0.5, 0.6) is 0 Å². The first-order valence-electron chi connectivity index (χ1n) is 5.43. The molecule has 4 nitrogen and oxygen atoms in total. The molecule has 15 heavy (non-hydrogen) atoms. The highest BCUT2D eigenvalue weighted by atomic mass is 16.7. The predicted molar refractivity (Wildman–Crippen MR) is 62.3 cm³/mol. The van der Waals surface area contributed by atoms with Crippen LogP contribution in [0.1, 0.15) is 40.5 Å². The largest absolute Gasteiger partial charge is 0.379 e. The molecule has 0 radical (unpaired) electrons. The maximum absolute atomic E-state index is 5.45. The van der Waals surface area contributed by atoms with Crippen molar-refractivity contribution in [3.63, 3.8) is 0 Å². The second kappa shape index (κ2) is 5.80. The molecular weight excluding hydrogens is 192 g/mol. The van der Waals surface area contributed by atoms with Crippen LogP contribution in [-0.2, 0) is 9.57 Å². The lowest BCUT2D eigenvalue weighted by Crippen LogP contribution is -2.49. The minimum absolute atomic E-state index is 0.0567. The molecule has 0 aromatic carbocycles. The first kappa shape index (κ1) is 14.8. The monoisotopic (exact) mass is 218 g/mol. The topological polar surface area (TPSA) is 47.7 Å². The third-order valence-electron chi connectivity index (χ3n) is 3.15. The molecule has 2 N–H and O–H groups in total. The molecule has 0 amide bonds. The quantitative estimate of drug-likeness (QED) is 0.522. The summed E-state index contributed by atoms with van der Waals surface area (Å²) in [7, 11) is 3.65. The van der Waals surface area contributed by atoms with Crippen molar-refractivity contribution in [3.8, 4) is 0 Å². The maximum atomic E-state index is 5.45. The summed E-state index contributed by atoms with van der Waals surface area (Å²) >= 11 is 0. The van der Waals surface area contributed by atoms with Crippen LogP contribution in [0.4, 0.5) is 0 Å². The van der Waals surface area contributed by atoms with E-state index in [0.717, 1.165) is 12.8 Å². The van der Waals surface area contributed by atoms with Crippen LogP contribution < -0.4 is 5.73 Å². The average Bonchev–Trinajstić information content (AvgIpc) is 2.17. The van der Waals surface area contributed by atoms with Gasteiger partial charge in [-0.25, -0.2) is 0 Å². The molecule has 0 aliphatic carbocycles. The Morgan fingerprint density at radius 3 is 2.13 bits per heavy atom. The lowest BCUT2D eigenvalue weighted by Gasteiger charge is -2.41. The van der Waals surface area contributed by atoms with E-state index in [4.69, 9.17) is 15.3 Å². The van der Waals surface area contributed by atoms with Crippen LogP contribution in [0.15, 0.2) is 0 Å². The molecule has 0 rings (SSSR count). The molecule has 0 saturated heterocycles. The number of hydrogen-bond acceptors (Lipinski definition) is 4. The maximum Gasteiger partial charge on any atom is 0.116 e. The Hall–Kier alpha value is -0.160. The van der Waals surface area contributed by atoms with Crippen LogP contribution in [-0.4, -0.2) is 37.1 Å². The molecule has 0 aromatic heterocycles. The summed E-state index contributed by atoms with van der Waals surface area (Å²) in [5, 5.41) is 1.84. The summed E-state index contributed by atoms with van der Waals surface area (Å²) in [6, 6.07) is 0. The molecule has 0 aromatic rings. The van der Waals surface area contributed by atoms with Crippen molar-refractivity contribution in [1.29, 1.82) is 0 Å². The standard InChI is InChI=1S/C11H26N2O2/c1-7-11(4,13(5)15-9-12)8-10(2,3)14-6/h7-9,12H2,1-6H3. The summed E-state index contributed by atoms with van der Waals surface area (Å²) < 4.78 is 5.45. The number of hydrogen-bond donors (Lipinski definition) is 1. The fourth-order valence-corrected chi connectivity index (χ4v) is 1.72. The number of nitrogens with zero attached hydrogens (tertiary/aromatic N) is 1. The Bertz CT molecular complexity index is 185. The van der Waals surface area contributed by atoms with Gasteiger partial charge in [0.25, 0.3) is 0 Å². The van der Waals surface area contributed by atoms with E-state index in [2.05, 4.69) is 27.7 Å². The Labute approximate surface area is 93.7 Å². The van der Waals surface area contributed by atoms with Gasteiger partial charge in [0.15, 0.2) is 0 Å². The fraction of sp³-hybridized carbons (Fsp3) is 1.00. The molecular formula is C11H26N2O2. The van der Waals surface area contributed by atoms with Crippen molar-refractivity contribution in [1.82, 2.24) is 5.06 Å². The predicted octanol–water partition coefficient (Wildman–Crippen LogP) is 1.75. The summed E-state index contributed by atoms with van der Waals surface area (Å²) in [6.07, 6.45) is 1.87. The number of rotatable bonds is 7. The Morgan fingerprint density at radius 2 is 1.80 bits per heavy atom. The van der Waals surface area contributed by atoms with Gasteiger partial charge in [0.1, 0.15) is 6.73 Å². The highest BCUT2D eigenvalue weighted by Crippen LogP contribution is 2.30. The van der Waals surface area contributed by atoms with Gasteiger partial charge in [-0.1, -0.05) is 6.92 Å². The van der Waals surface area contributed by atoms with Gasteiger partial charge in [-0.3, -0.25) is 4.84 Å². The van der Waals surface area contributed by atoms with Crippen molar-refractivity contribution >= 4 is 0 Å². The number of hydroxylamine groups is 2. The van der Waals surface area contributed by atoms with E-state index in [1.54, 1.807) is 7.11 Å². The SMILES string of the molecule is CCC(C)(CC(C)(C)OC)N(C)OCN. The minimum Gasteiger partial charge on any atom is -0.379 e. The Morgan fingerprint density at radius 1 is 1.27 bits per heavy atom. The molecule has 1 atom stereocenters. The highest BCUT2D eigenvalue weighted by Gasteiger charge is 2.35. The molecule has 0 heterocycles. The van der Waals surface area contributed by atoms with Crippen molar-refractivity contribution in [2.24, 2.45) is 5.73 Å². The zero-order valence-corrected chi connectivity index (χ0v) is 11.0. The zero-order chi connectivity index (χ0) is 12.1. The molecule has 0 aliphatic heterocycles. The van der Waals surface area contributed by atoms with Crippen LogP contribution in [0.3, 0.4) is 0 Å². The van der Waals surface area contributed by atoms with E-state index in [1.807, 2.05) is 12.1 Å². The average molecular weight is 218 g/mol. The smallest absolute Gasteiger partial charge is 0.116 e. The fourth-order valence-electron chi connectivity index (χ4n) is 1.72. The number of methoxy groups -OCH3 is 1. The molecule has 1 unspecified atom stereocenters. The van der Waals surface area contributed by atoms with Gasteiger partial charge in [0.05, 0.1) is 5.60 Å². The first-order chi connectivity index (χ1) is 6.81. The molecule has 0 fully saturated rings. The summed E-state index contributed by atoms with van der Waals surface area (Å²) in [5.74, 6) is 0. The minimum atomic E-state index is -0.156. The lowest BCUT2D eigenvalue weighted by molar-refractivity contribution is -0.214. The van der Waals surface area contributed by atoms with E-state index in [-0.39, 0.29) is 17.9 Å². The Balaban J connectivity index is 4.55. The van der Waals surface area contributed by atoms with Gasteiger partial charge in [-0.2, -0.15) is 5.06 Å². The second-order valence-corrected chi connectivity index (χ2v) is 4.78. The van der Waals surface area contributed by atoms with Gasteiger partial charge in [-0.15, -0.1) is 0 Å². The normalized spacial score (nSPS) is 16.8. The van der Waals surface area contributed by atoms with E-state index in [1.165, 1.54) is 0 Å². The summed E-state index contributed by atoms with van der Waals surface area (Å²) in [6.45, 7) is 8.67. The zero-order valence-electron chi connectivity index (χ0n) is 11.0. The summed E-state index contributed by atoms with van der Waals surface area (Å²) in [5.41, 5.74) is 5.17. The van der Waals surface area contributed by atoms with Crippen LogP contribution in [0.2, 0.25) is 0 Å². The van der Waals surface area contributed by atoms with Crippen LogP contribution in [0.25, 0.3) is 0 Å². The number of nitrogens with two attached hydrogens (primary N) is 1. The Kier molecular flexibility index (Phi) is 5.73. The lowest BCUT2D eigenvalue weighted by atomic mass is 9.85. The first-order valence-corrected chi connectivity index (χ1v) is 5.43. The van der Waals surface area contributed by atoms with E-state index >= 15 is 0 Å². The van der Waals surface area contributed by atoms with Gasteiger partial charge >= 0.3 is 0 Å². The van der Waals surface area contributed by atoms with E-state index < -0.39 is 0 Å². The second-order valence-electron chi connectivity index (χ2n) is 4.78. The number of ether oxygens (including phenoxy) is 1.